The molecule has 0 aromatic heterocycles. The first-order chi connectivity index (χ1) is 15.1. The van der Waals surface area contributed by atoms with Crippen LogP contribution in [0.1, 0.15) is 76.2 Å². The molecule has 0 spiro atoms. The minimum Gasteiger partial charge on any atom is -0.376 e. The van der Waals surface area contributed by atoms with E-state index in [1.807, 2.05) is 5.57 Å². The number of nitrogens with one attached hydrogen (secondary N) is 1. The zero-order valence-corrected chi connectivity index (χ0v) is 19.6. The molecule has 0 aliphatic heterocycles. The van der Waals surface area contributed by atoms with Crippen LogP contribution in [0.5, 0.6) is 0 Å². The fourth-order valence-corrected chi connectivity index (χ4v) is 8.43. The predicted molar refractivity (Wildman–Crippen MR) is 132 cm³/mol. The minimum absolute atomic E-state index is 0.211. The molecule has 7 rings (SSSR count). The Morgan fingerprint density at radius 1 is 0.968 bits per heavy atom. The summed E-state index contributed by atoms with van der Waals surface area (Å²) in [6.07, 6.45) is 17.1. The average Bonchev–Trinajstić information content (AvgIpc) is 3.61. The van der Waals surface area contributed by atoms with Crippen LogP contribution >= 0.6 is 12.2 Å². The Bertz CT molecular complexity index is 844. The number of allylic oxidation sites excluding steroid dienone is 2. The largest absolute Gasteiger partial charge is 0.376 e. The van der Waals surface area contributed by atoms with Crippen LogP contribution in [-0.4, -0.2) is 17.6 Å². The van der Waals surface area contributed by atoms with Gasteiger partial charge in [-0.2, -0.15) is 0 Å². The Morgan fingerprint density at radius 3 is 2.26 bits per heavy atom. The van der Waals surface area contributed by atoms with Gasteiger partial charge < -0.3 is 11.1 Å². The molecular formula is C28H38N2S. The van der Waals surface area contributed by atoms with Crippen molar-refractivity contribution in [3.8, 4) is 0 Å². The summed E-state index contributed by atoms with van der Waals surface area (Å²) in [7, 11) is 0. The van der Waals surface area contributed by atoms with Gasteiger partial charge in [-0.15, -0.1) is 0 Å². The first-order valence-corrected chi connectivity index (χ1v) is 13.3. The molecule has 3 heteroatoms. The summed E-state index contributed by atoms with van der Waals surface area (Å²) in [6.45, 7) is 0.847. The zero-order chi connectivity index (χ0) is 21.1. The Labute approximate surface area is 193 Å². The quantitative estimate of drug-likeness (QED) is 0.447. The van der Waals surface area contributed by atoms with Crippen LogP contribution in [0.3, 0.4) is 0 Å². The van der Waals surface area contributed by atoms with E-state index in [2.05, 4.69) is 41.7 Å². The molecule has 2 unspecified atom stereocenters. The smallest absolute Gasteiger partial charge is 0.0818 e. The second-order valence-corrected chi connectivity index (χ2v) is 12.2. The maximum absolute atomic E-state index is 6.27. The highest BCUT2D eigenvalue weighted by atomic mass is 32.1. The molecule has 3 N–H and O–H groups in total. The van der Waals surface area contributed by atoms with Gasteiger partial charge in [0.2, 0.25) is 0 Å². The standard InChI is InChI=1S/C28H38N2S/c29-17-20-8-10-24(11-9-20)30-26(31)28-15-21-13-27(18-28,23-4-2-1-3-5-23)14-22(16-28)25(21)12-19-6-7-19/h1-5,12,19-22,24H,6-11,13-18,29H2,(H,30,31)/t20-,21?,22?,24-,27?,28?. The van der Waals surface area contributed by atoms with Crippen molar-refractivity contribution in [2.75, 3.05) is 6.54 Å². The number of rotatable bonds is 5. The van der Waals surface area contributed by atoms with E-state index in [4.69, 9.17) is 18.0 Å². The molecule has 2 nitrogen and oxygen atoms in total. The SMILES string of the molecule is NC[C@H]1CC[C@H](NC(=S)C23CC4CC(c5ccccc5)(CC(C2)C4=CC2CC2)C3)CC1. The summed E-state index contributed by atoms with van der Waals surface area (Å²) >= 11 is 6.27. The molecule has 2 atom stereocenters. The van der Waals surface area contributed by atoms with Gasteiger partial charge in [-0.05, 0) is 112 Å². The normalized spacial score (nSPS) is 41.3. The third kappa shape index (κ3) is 3.60. The van der Waals surface area contributed by atoms with Crippen LogP contribution in [0.25, 0.3) is 0 Å². The fraction of sp³-hybridized carbons (Fsp3) is 0.679. The zero-order valence-electron chi connectivity index (χ0n) is 18.8. The summed E-state index contributed by atoms with van der Waals surface area (Å²) < 4.78 is 0. The van der Waals surface area contributed by atoms with Gasteiger partial charge in [0.15, 0.2) is 0 Å². The molecule has 1 aromatic rings. The number of nitrogens with two attached hydrogens (primary N) is 1. The van der Waals surface area contributed by atoms with Crippen molar-refractivity contribution in [3.05, 3.63) is 47.5 Å². The lowest BCUT2D eigenvalue weighted by atomic mass is 9.41. The lowest BCUT2D eigenvalue weighted by Crippen LogP contribution is -2.60. The average molecular weight is 435 g/mol. The van der Waals surface area contributed by atoms with Crippen molar-refractivity contribution in [3.63, 3.8) is 0 Å². The number of thiocarbonyl (C=S) groups is 1. The van der Waals surface area contributed by atoms with E-state index >= 15 is 0 Å². The van der Waals surface area contributed by atoms with E-state index in [9.17, 15) is 0 Å². The van der Waals surface area contributed by atoms with Crippen LogP contribution in [0.4, 0.5) is 0 Å². The lowest BCUT2D eigenvalue weighted by molar-refractivity contribution is 0.00524. The Kier molecular flexibility index (Phi) is 5.07. The number of hydrogen-bond donors (Lipinski definition) is 2. The molecule has 31 heavy (non-hydrogen) atoms. The Morgan fingerprint density at radius 2 is 1.65 bits per heavy atom. The molecule has 4 bridgehead atoms. The van der Waals surface area contributed by atoms with E-state index in [1.165, 1.54) is 75.6 Å². The van der Waals surface area contributed by atoms with Gasteiger partial charge >= 0.3 is 0 Å². The van der Waals surface area contributed by atoms with Gasteiger partial charge in [0.1, 0.15) is 0 Å². The Hall–Kier alpha value is -1.19. The van der Waals surface area contributed by atoms with Crippen molar-refractivity contribution in [2.45, 2.75) is 82.1 Å². The maximum Gasteiger partial charge on any atom is 0.0818 e. The predicted octanol–water partition coefficient (Wildman–Crippen LogP) is 5.91. The van der Waals surface area contributed by atoms with E-state index in [0.717, 1.165) is 30.2 Å². The molecule has 6 saturated carbocycles. The molecule has 166 valence electrons. The van der Waals surface area contributed by atoms with Crippen molar-refractivity contribution in [1.29, 1.82) is 0 Å². The van der Waals surface area contributed by atoms with E-state index < -0.39 is 0 Å². The monoisotopic (exact) mass is 434 g/mol. The molecule has 0 heterocycles. The highest BCUT2D eigenvalue weighted by Gasteiger charge is 2.61. The number of hydrogen-bond acceptors (Lipinski definition) is 2. The van der Waals surface area contributed by atoms with Gasteiger partial charge in [0.25, 0.3) is 0 Å². The molecule has 0 amide bonds. The van der Waals surface area contributed by atoms with Crippen molar-refractivity contribution in [2.24, 2.45) is 34.8 Å². The molecule has 1 aromatic carbocycles. The number of benzene rings is 1. The van der Waals surface area contributed by atoms with E-state index in [1.54, 1.807) is 5.56 Å². The van der Waals surface area contributed by atoms with Gasteiger partial charge in [0.05, 0.1) is 4.99 Å². The summed E-state index contributed by atoms with van der Waals surface area (Å²) in [4.78, 5) is 1.21. The van der Waals surface area contributed by atoms with E-state index in [-0.39, 0.29) is 5.41 Å². The third-order valence-corrected chi connectivity index (χ3v) is 10.2. The van der Waals surface area contributed by atoms with Crippen LogP contribution in [-0.2, 0) is 5.41 Å². The second kappa shape index (κ2) is 7.70. The maximum atomic E-state index is 6.27. The first kappa shape index (κ1) is 20.4. The summed E-state index contributed by atoms with van der Waals surface area (Å²) in [5.74, 6) is 3.10. The fourth-order valence-electron chi connectivity index (χ4n) is 8.02. The molecular weight excluding hydrogens is 396 g/mol. The highest BCUT2D eigenvalue weighted by Crippen LogP contribution is 2.68. The van der Waals surface area contributed by atoms with Gasteiger partial charge in [-0.25, -0.2) is 0 Å². The van der Waals surface area contributed by atoms with Crippen LogP contribution in [0.2, 0.25) is 0 Å². The molecule has 0 radical (unpaired) electrons. The minimum atomic E-state index is 0.211. The topological polar surface area (TPSA) is 38.0 Å². The van der Waals surface area contributed by atoms with E-state index in [0.29, 0.717) is 11.5 Å². The molecule has 6 aliphatic carbocycles. The van der Waals surface area contributed by atoms with Crippen LogP contribution in [0, 0.1) is 29.1 Å². The van der Waals surface area contributed by atoms with Crippen LogP contribution in [0.15, 0.2) is 42.0 Å². The van der Waals surface area contributed by atoms with Gasteiger partial charge in [-0.1, -0.05) is 54.2 Å². The van der Waals surface area contributed by atoms with Gasteiger partial charge in [0, 0.05) is 11.5 Å². The third-order valence-electron chi connectivity index (χ3n) is 9.60. The van der Waals surface area contributed by atoms with Crippen molar-refractivity contribution < 1.29 is 0 Å². The molecule has 0 saturated heterocycles. The Balaban J connectivity index is 1.28. The van der Waals surface area contributed by atoms with Crippen molar-refractivity contribution in [1.82, 2.24) is 5.32 Å². The summed E-state index contributed by atoms with van der Waals surface area (Å²) in [6, 6.07) is 12.0. The summed E-state index contributed by atoms with van der Waals surface area (Å²) in [5.41, 5.74) is 9.87. The molecule has 6 fully saturated rings. The first-order valence-electron chi connectivity index (χ1n) is 12.9. The lowest BCUT2D eigenvalue weighted by Gasteiger charge is -2.63. The second-order valence-electron chi connectivity index (χ2n) is 11.7. The van der Waals surface area contributed by atoms with Gasteiger partial charge in [-0.3, -0.25) is 0 Å². The van der Waals surface area contributed by atoms with Crippen molar-refractivity contribution >= 4 is 17.2 Å². The van der Waals surface area contributed by atoms with Crippen LogP contribution < -0.4 is 11.1 Å². The highest BCUT2D eigenvalue weighted by molar-refractivity contribution is 7.80. The summed E-state index contributed by atoms with van der Waals surface area (Å²) in [5, 5.41) is 3.93. The molecule has 6 aliphatic rings.